The molecule has 2 heterocycles. The zero-order valence-electron chi connectivity index (χ0n) is 16.3. The van der Waals surface area contributed by atoms with Crippen molar-refractivity contribution in [2.75, 3.05) is 31.1 Å². The molecule has 0 spiro atoms. The first kappa shape index (κ1) is 19.6. The van der Waals surface area contributed by atoms with Crippen LogP contribution in [0.3, 0.4) is 0 Å². The van der Waals surface area contributed by atoms with E-state index in [1.165, 1.54) is 0 Å². The van der Waals surface area contributed by atoms with Crippen molar-refractivity contribution in [1.82, 2.24) is 14.1 Å². The lowest BCUT2D eigenvalue weighted by molar-refractivity contribution is 0.101. The smallest absolute Gasteiger partial charge is 0.246 e. The van der Waals surface area contributed by atoms with Crippen molar-refractivity contribution in [2.24, 2.45) is 0 Å². The third kappa shape index (κ3) is 3.64. The van der Waals surface area contributed by atoms with Crippen LogP contribution in [0.15, 0.2) is 29.2 Å². The number of carbonyl (C=O) groups is 1. The summed E-state index contributed by atoms with van der Waals surface area (Å²) in [5.41, 5.74) is 2.93. The molecule has 0 unspecified atom stereocenters. The highest BCUT2D eigenvalue weighted by Crippen LogP contribution is 2.26. The SMILES string of the molecule is CCn1nc(C)c(S(=O)(=O)N2CCN(c3ccc(C(C)=O)cc3)CC2)c1C. The fourth-order valence-corrected chi connectivity index (χ4v) is 5.38. The molecule has 1 aromatic heterocycles. The number of anilines is 1. The first-order valence-corrected chi connectivity index (χ1v) is 10.6. The van der Waals surface area contributed by atoms with Crippen molar-refractivity contribution >= 4 is 21.5 Å². The largest absolute Gasteiger partial charge is 0.369 e. The van der Waals surface area contributed by atoms with Crippen molar-refractivity contribution < 1.29 is 13.2 Å². The summed E-state index contributed by atoms with van der Waals surface area (Å²) in [6.45, 7) is 9.76. The maximum Gasteiger partial charge on any atom is 0.246 e. The molecule has 0 N–H and O–H groups in total. The van der Waals surface area contributed by atoms with E-state index in [-0.39, 0.29) is 5.78 Å². The van der Waals surface area contributed by atoms with E-state index in [1.807, 2.05) is 38.1 Å². The van der Waals surface area contributed by atoms with E-state index in [1.54, 1.807) is 22.8 Å². The van der Waals surface area contributed by atoms with E-state index >= 15 is 0 Å². The van der Waals surface area contributed by atoms with Crippen LogP contribution in [0, 0.1) is 13.8 Å². The molecule has 146 valence electrons. The third-order valence-electron chi connectivity index (χ3n) is 5.09. The minimum Gasteiger partial charge on any atom is -0.369 e. The molecule has 1 saturated heterocycles. The summed E-state index contributed by atoms with van der Waals surface area (Å²) in [6, 6.07) is 7.46. The molecule has 7 nitrogen and oxygen atoms in total. The van der Waals surface area contributed by atoms with Gasteiger partial charge in [0.2, 0.25) is 10.0 Å². The summed E-state index contributed by atoms with van der Waals surface area (Å²) in [5.74, 6) is 0.0378. The van der Waals surface area contributed by atoms with Gasteiger partial charge in [0.1, 0.15) is 4.90 Å². The van der Waals surface area contributed by atoms with Crippen LogP contribution in [0.1, 0.15) is 35.6 Å². The fourth-order valence-electron chi connectivity index (χ4n) is 3.58. The lowest BCUT2D eigenvalue weighted by Gasteiger charge is -2.35. The average molecular weight is 391 g/mol. The predicted octanol–water partition coefficient (Wildman–Crippen LogP) is 2.23. The van der Waals surface area contributed by atoms with Crippen molar-refractivity contribution in [3.63, 3.8) is 0 Å². The van der Waals surface area contributed by atoms with Gasteiger partial charge in [-0.05, 0) is 52.0 Å². The maximum absolute atomic E-state index is 13.1. The van der Waals surface area contributed by atoms with Gasteiger partial charge < -0.3 is 4.90 Å². The second-order valence-corrected chi connectivity index (χ2v) is 8.68. The summed E-state index contributed by atoms with van der Waals surface area (Å²) < 4.78 is 29.6. The van der Waals surface area contributed by atoms with Crippen LogP contribution in [-0.2, 0) is 16.6 Å². The lowest BCUT2D eigenvalue weighted by Crippen LogP contribution is -2.48. The van der Waals surface area contributed by atoms with Crippen molar-refractivity contribution in [1.29, 1.82) is 0 Å². The number of benzene rings is 1. The summed E-state index contributed by atoms with van der Waals surface area (Å²) in [7, 11) is -3.56. The Kier molecular flexibility index (Phi) is 5.39. The molecule has 0 radical (unpaired) electrons. The number of rotatable bonds is 5. The number of hydrogen-bond donors (Lipinski definition) is 0. The normalized spacial score (nSPS) is 15.9. The molecule has 0 aliphatic carbocycles. The van der Waals surface area contributed by atoms with E-state index in [4.69, 9.17) is 0 Å². The van der Waals surface area contributed by atoms with Gasteiger partial charge in [-0.1, -0.05) is 0 Å². The summed E-state index contributed by atoms with van der Waals surface area (Å²) in [6.07, 6.45) is 0. The van der Waals surface area contributed by atoms with Gasteiger partial charge in [0.25, 0.3) is 0 Å². The molecule has 2 aromatic rings. The molecular formula is C19H26N4O3S. The number of carbonyl (C=O) groups excluding carboxylic acids is 1. The Morgan fingerprint density at radius 2 is 1.67 bits per heavy atom. The molecule has 3 rings (SSSR count). The molecule has 0 amide bonds. The number of aryl methyl sites for hydroxylation is 2. The van der Waals surface area contributed by atoms with Crippen LogP contribution in [0.25, 0.3) is 0 Å². The van der Waals surface area contributed by atoms with Gasteiger partial charge in [0.15, 0.2) is 5.78 Å². The first-order chi connectivity index (χ1) is 12.8. The number of nitrogens with zero attached hydrogens (tertiary/aromatic N) is 4. The second kappa shape index (κ2) is 7.44. The van der Waals surface area contributed by atoms with E-state index in [0.717, 1.165) is 5.69 Å². The number of piperazine rings is 1. The Morgan fingerprint density at radius 3 is 2.15 bits per heavy atom. The maximum atomic E-state index is 13.1. The van der Waals surface area contributed by atoms with Crippen LogP contribution < -0.4 is 4.90 Å². The Balaban J connectivity index is 1.75. The Bertz CT molecular complexity index is 940. The molecule has 1 aliphatic heterocycles. The van der Waals surface area contributed by atoms with Gasteiger partial charge in [-0.2, -0.15) is 9.40 Å². The number of Topliss-reactive ketones (excluding diaryl/α,β-unsaturated/α-hetero) is 1. The first-order valence-electron chi connectivity index (χ1n) is 9.15. The van der Waals surface area contributed by atoms with Crippen molar-refractivity contribution in [3.8, 4) is 0 Å². The molecule has 0 atom stereocenters. The lowest BCUT2D eigenvalue weighted by atomic mass is 10.1. The van der Waals surface area contributed by atoms with Gasteiger partial charge in [0.05, 0.1) is 11.4 Å². The molecule has 1 aliphatic rings. The van der Waals surface area contributed by atoms with Gasteiger partial charge in [-0.3, -0.25) is 9.48 Å². The zero-order chi connectivity index (χ0) is 19.8. The van der Waals surface area contributed by atoms with Gasteiger partial charge in [0, 0.05) is 44.0 Å². The molecular weight excluding hydrogens is 364 g/mol. The van der Waals surface area contributed by atoms with E-state index in [9.17, 15) is 13.2 Å². The Hall–Kier alpha value is -2.19. The highest BCUT2D eigenvalue weighted by Gasteiger charge is 2.33. The molecule has 1 aromatic carbocycles. The number of ketones is 1. The van der Waals surface area contributed by atoms with Crippen molar-refractivity contribution in [3.05, 3.63) is 41.2 Å². The van der Waals surface area contributed by atoms with Crippen LogP contribution in [0.2, 0.25) is 0 Å². The predicted molar refractivity (Wildman–Crippen MR) is 105 cm³/mol. The molecule has 0 bridgehead atoms. The van der Waals surface area contributed by atoms with Crippen LogP contribution in [0.5, 0.6) is 0 Å². The zero-order valence-corrected chi connectivity index (χ0v) is 17.1. The van der Waals surface area contributed by atoms with E-state index in [2.05, 4.69) is 10.00 Å². The van der Waals surface area contributed by atoms with Crippen molar-refractivity contribution in [2.45, 2.75) is 39.1 Å². The minimum atomic E-state index is -3.56. The fraction of sp³-hybridized carbons (Fsp3) is 0.474. The monoisotopic (exact) mass is 390 g/mol. The summed E-state index contributed by atoms with van der Waals surface area (Å²) >= 11 is 0. The van der Waals surface area contributed by atoms with Gasteiger partial charge in [-0.15, -0.1) is 0 Å². The average Bonchev–Trinajstić information content (AvgIpc) is 2.96. The van der Waals surface area contributed by atoms with E-state index in [0.29, 0.717) is 54.6 Å². The Morgan fingerprint density at radius 1 is 1.07 bits per heavy atom. The Labute approximate surface area is 160 Å². The van der Waals surface area contributed by atoms with Crippen LogP contribution >= 0.6 is 0 Å². The second-order valence-electron chi connectivity index (χ2n) is 6.81. The molecule has 0 saturated carbocycles. The highest BCUT2D eigenvalue weighted by atomic mass is 32.2. The topological polar surface area (TPSA) is 75.5 Å². The summed E-state index contributed by atoms with van der Waals surface area (Å²) in [5, 5.41) is 4.35. The molecule has 27 heavy (non-hydrogen) atoms. The summed E-state index contributed by atoms with van der Waals surface area (Å²) in [4.78, 5) is 13.9. The molecule has 8 heteroatoms. The minimum absolute atomic E-state index is 0.0378. The number of aromatic nitrogens is 2. The quantitative estimate of drug-likeness (QED) is 0.732. The highest BCUT2D eigenvalue weighted by molar-refractivity contribution is 7.89. The molecule has 1 fully saturated rings. The van der Waals surface area contributed by atoms with Gasteiger partial charge in [-0.25, -0.2) is 8.42 Å². The van der Waals surface area contributed by atoms with Gasteiger partial charge >= 0.3 is 0 Å². The number of hydrogen-bond acceptors (Lipinski definition) is 5. The van der Waals surface area contributed by atoms with Crippen LogP contribution in [0.4, 0.5) is 5.69 Å². The third-order valence-corrected chi connectivity index (χ3v) is 7.24. The standard InChI is InChI=1S/C19H26N4O3S/c1-5-23-15(3)19(14(2)20-23)27(25,26)22-12-10-21(11-13-22)18-8-6-17(7-9-18)16(4)24/h6-9H,5,10-13H2,1-4H3. The van der Waals surface area contributed by atoms with Crippen LogP contribution in [-0.4, -0.2) is 54.5 Å². The number of sulfonamides is 1. The van der Waals surface area contributed by atoms with E-state index < -0.39 is 10.0 Å².